The molecule has 1 rings (SSSR count). The zero-order chi connectivity index (χ0) is 14.1. The fraction of sp³-hybridized carbons (Fsp3) is 0.400. The summed E-state index contributed by atoms with van der Waals surface area (Å²) in [6.45, 7) is 3.04. The molecule has 0 bridgehead atoms. The Kier molecular flexibility index (Phi) is 3.59. The number of halogens is 5. The van der Waals surface area contributed by atoms with Crippen LogP contribution in [0.4, 0.5) is 27.6 Å². The van der Waals surface area contributed by atoms with E-state index in [0.717, 1.165) is 0 Å². The number of aryl methyl sites for hydroxylation is 2. The zero-order valence-corrected chi connectivity index (χ0v) is 9.40. The highest BCUT2D eigenvalue weighted by Crippen LogP contribution is 2.36. The lowest BCUT2D eigenvalue weighted by Gasteiger charge is -2.18. The van der Waals surface area contributed by atoms with Crippen LogP contribution in [0.1, 0.15) is 11.4 Å². The maximum Gasteiger partial charge on any atom is 0.463 e. The van der Waals surface area contributed by atoms with Gasteiger partial charge < -0.3 is 5.32 Å². The molecule has 1 heterocycles. The monoisotopic (exact) mass is 268 g/mol. The highest BCUT2D eigenvalue weighted by Gasteiger charge is 2.63. The van der Waals surface area contributed by atoms with Crippen LogP contribution >= 0.6 is 0 Å². The number of amides is 1. The van der Waals surface area contributed by atoms with Crippen LogP contribution in [-0.4, -0.2) is 23.0 Å². The number of rotatable bonds is 2. The Morgan fingerprint density at radius 3 is 1.94 bits per heavy atom. The van der Waals surface area contributed by atoms with Gasteiger partial charge in [-0.15, -0.1) is 0 Å². The average molecular weight is 268 g/mol. The fourth-order valence-corrected chi connectivity index (χ4v) is 1.24. The van der Waals surface area contributed by atoms with Gasteiger partial charge in [0.15, 0.2) is 0 Å². The van der Waals surface area contributed by atoms with Crippen LogP contribution in [0.5, 0.6) is 0 Å². The van der Waals surface area contributed by atoms with E-state index in [1.54, 1.807) is 0 Å². The van der Waals surface area contributed by atoms with E-state index >= 15 is 0 Å². The third kappa shape index (κ3) is 2.93. The van der Waals surface area contributed by atoms with Crippen molar-refractivity contribution in [1.82, 2.24) is 4.98 Å². The zero-order valence-electron chi connectivity index (χ0n) is 9.40. The fourth-order valence-electron chi connectivity index (χ4n) is 1.24. The number of alkyl halides is 5. The van der Waals surface area contributed by atoms with Crippen LogP contribution in [0, 0.1) is 13.8 Å². The first-order valence-corrected chi connectivity index (χ1v) is 4.75. The van der Waals surface area contributed by atoms with Gasteiger partial charge in [-0.2, -0.15) is 22.0 Å². The SMILES string of the molecule is Cc1cc(NC(=O)C(F)(F)C(F)(F)F)cc(C)n1. The molecule has 0 fully saturated rings. The van der Waals surface area contributed by atoms with Gasteiger partial charge in [-0.25, -0.2) is 0 Å². The van der Waals surface area contributed by atoms with Gasteiger partial charge in [0.25, 0.3) is 0 Å². The van der Waals surface area contributed by atoms with E-state index in [1.807, 2.05) is 0 Å². The number of pyridine rings is 1. The number of carbonyl (C=O) groups is 1. The third-order valence-corrected chi connectivity index (χ3v) is 1.98. The molecule has 0 radical (unpaired) electrons. The number of nitrogens with one attached hydrogen (secondary N) is 1. The van der Waals surface area contributed by atoms with Gasteiger partial charge in [0, 0.05) is 17.1 Å². The van der Waals surface area contributed by atoms with Crippen molar-refractivity contribution in [2.75, 3.05) is 5.32 Å². The lowest BCUT2D eigenvalue weighted by Crippen LogP contribution is -2.47. The van der Waals surface area contributed by atoms with Crippen LogP contribution in [-0.2, 0) is 4.79 Å². The minimum Gasteiger partial charge on any atom is -0.320 e. The predicted octanol–water partition coefficient (Wildman–Crippen LogP) is 2.83. The molecule has 0 atom stereocenters. The van der Waals surface area contributed by atoms with Gasteiger partial charge in [-0.3, -0.25) is 9.78 Å². The van der Waals surface area contributed by atoms with Crippen molar-refractivity contribution in [2.24, 2.45) is 0 Å². The van der Waals surface area contributed by atoms with Gasteiger partial charge in [-0.1, -0.05) is 0 Å². The molecule has 0 saturated carbocycles. The number of hydrogen-bond donors (Lipinski definition) is 1. The minimum atomic E-state index is -5.92. The normalized spacial score (nSPS) is 12.4. The van der Waals surface area contributed by atoms with Crippen LogP contribution in [0.25, 0.3) is 0 Å². The Bertz CT molecular complexity index is 450. The third-order valence-electron chi connectivity index (χ3n) is 1.98. The molecule has 1 aromatic rings. The average Bonchev–Trinajstić information content (AvgIpc) is 2.13. The first kappa shape index (κ1) is 14.3. The summed E-state index contributed by atoms with van der Waals surface area (Å²) in [5.41, 5.74) is 0.621. The number of nitrogens with zero attached hydrogens (tertiary/aromatic N) is 1. The molecule has 0 aromatic carbocycles. The second kappa shape index (κ2) is 4.51. The van der Waals surface area contributed by atoms with Gasteiger partial charge in [-0.05, 0) is 26.0 Å². The summed E-state index contributed by atoms with van der Waals surface area (Å²) < 4.78 is 61.1. The second-order valence-corrected chi connectivity index (χ2v) is 3.66. The molecule has 8 heteroatoms. The van der Waals surface area contributed by atoms with Crippen LogP contribution < -0.4 is 5.32 Å². The number of hydrogen-bond acceptors (Lipinski definition) is 2. The summed E-state index contributed by atoms with van der Waals surface area (Å²) in [5.74, 6) is -7.85. The molecule has 1 aromatic heterocycles. The first-order valence-electron chi connectivity index (χ1n) is 4.75. The number of carbonyl (C=O) groups excluding carboxylic acids is 1. The van der Waals surface area contributed by atoms with Gasteiger partial charge >= 0.3 is 18.0 Å². The summed E-state index contributed by atoms with van der Waals surface area (Å²) in [4.78, 5) is 14.8. The van der Waals surface area contributed by atoms with E-state index in [1.165, 1.54) is 31.3 Å². The summed E-state index contributed by atoms with van der Waals surface area (Å²) in [6, 6.07) is 2.38. The molecule has 1 N–H and O–H groups in total. The van der Waals surface area contributed by atoms with Gasteiger partial charge in [0.1, 0.15) is 0 Å². The predicted molar refractivity (Wildman–Crippen MR) is 53.3 cm³/mol. The Morgan fingerprint density at radius 1 is 1.11 bits per heavy atom. The lowest BCUT2D eigenvalue weighted by atomic mass is 10.2. The highest BCUT2D eigenvalue weighted by molar-refractivity contribution is 5.96. The molecule has 0 aliphatic heterocycles. The molecule has 1 amide bonds. The highest BCUT2D eigenvalue weighted by atomic mass is 19.4. The second-order valence-electron chi connectivity index (χ2n) is 3.66. The minimum absolute atomic E-state index is 0.158. The Labute approximate surface area is 99.0 Å². The molecule has 3 nitrogen and oxygen atoms in total. The number of anilines is 1. The topological polar surface area (TPSA) is 42.0 Å². The van der Waals surface area contributed by atoms with Crippen molar-refractivity contribution in [1.29, 1.82) is 0 Å². The smallest absolute Gasteiger partial charge is 0.320 e. The first-order chi connectivity index (χ1) is 8.04. The van der Waals surface area contributed by atoms with Crippen LogP contribution in [0.15, 0.2) is 12.1 Å². The van der Waals surface area contributed by atoms with Crippen molar-refractivity contribution in [3.05, 3.63) is 23.5 Å². The molecule has 0 unspecified atom stereocenters. The quantitative estimate of drug-likeness (QED) is 0.838. The molecule has 0 aliphatic rings. The molecule has 0 aliphatic carbocycles. The van der Waals surface area contributed by atoms with Crippen molar-refractivity contribution < 1.29 is 26.7 Å². The van der Waals surface area contributed by atoms with Gasteiger partial charge in [0.05, 0.1) is 0 Å². The summed E-state index contributed by atoms with van der Waals surface area (Å²) >= 11 is 0. The van der Waals surface area contributed by atoms with Crippen molar-refractivity contribution >= 4 is 11.6 Å². The summed E-state index contributed by atoms with van der Waals surface area (Å²) in [5, 5.41) is 1.52. The van der Waals surface area contributed by atoms with E-state index in [-0.39, 0.29) is 5.69 Å². The summed E-state index contributed by atoms with van der Waals surface area (Å²) in [7, 11) is 0. The van der Waals surface area contributed by atoms with E-state index in [0.29, 0.717) is 11.4 Å². The molecule has 0 saturated heterocycles. The van der Waals surface area contributed by atoms with Crippen molar-refractivity contribution in [3.8, 4) is 0 Å². The maximum absolute atomic E-state index is 12.7. The van der Waals surface area contributed by atoms with E-state index in [9.17, 15) is 26.7 Å². The molecular weight excluding hydrogens is 259 g/mol. The van der Waals surface area contributed by atoms with Crippen molar-refractivity contribution in [2.45, 2.75) is 25.9 Å². The van der Waals surface area contributed by atoms with Crippen LogP contribution in [0.3, 0.4) is 0 Å². The van der Waals surface area contributed by atoms with E-state index in [4.69, 9.17) is 0 Å². The Balaban J connectivity index is 2.95. The van der Waals surface area contributed by atoms with E-state index in [2.05, 4.69) is 4.98 Å². The maximum atomic E-state index is 12.7. The van der Waals surface area contributed by atoms with Crippen LogP contribution in [0.2, 0.25) is 0 Å². The lowest BCUT2D eigenvalue weighted by molar-refractivity contribution is -0.267. The molecule has 18 heavy (non-hydrogen) atoms. The molecule has 0 spiro atoms. The number of aromatic nitrogens is 1. The standard InChI is InChI=1S/C10H9F5N2O/c1-5-3-7(4-6(2)16-5)17-8(18)9(11,12)10(13,14)15/h3-4H,1-2H3,(H,16,17,18). The Morgan fingerprint density at radius 2 is 1.56 bits per heavy atom. The molecular formula is C10H9F5N2O. The van der Waals surface area contributed by atoms with Gasteiger partial charge in [0.2, 0.25) is 0 Å². The van der Waals surface area contributed by atoms with Crippen molar-refractivity contribution in [3.63, 3.8) is 0 Å². The Hall–Kier alpha value is -1.73. The van der Waals surface area contributed by atoms with E-state index < -0.39 is 18.0 Å². The molecule has 100 valence electrons. The summed E-state index contributed by atoms with van der Waals surface area (Å²) in [6.07, 6.45) is -5.92. The largest absolute Gasteiger partial charge is 0.463 e.